The SMILES string of the molecule is Clc1cc2ccccc2[n+](Cc2ccccc2)c1.FC(F)(F)c1cc([B-](c2cc(C(F)(F)F)cc(C(F)(F)F)c2)(c2cc(C(F)(F)F)cc(C(F)(F)F)c2)c2cc(C(F)(F)F)cc(C(F)(F)F)c2)cc(C(F)(F)F)c1. The van der Waals surface area contributed by atoms with Crippen molar-refractivity contribution in [3.05, 3.63) is 195 Å². The van der Waals surface area contributed by atoms with Crippen molar-refractivity contribution in [2.24, 2.45) is 0 Å². The molecule has 27 heteroatoms. The molecular formula is C48H25BClF24N. The third-order valence-electron chi connectivity index (χ3n) is 11.5. The summed E-state index contributed by atoms with van der Waals surface area (Å²) in [6.07, 6.45) is -52.8. The summed E-state index contributed by atoms with van der Waals surface area (Å²) in [4.78, 5) is 0. The molecule has 0 unspecified atom stereocenters. The minimum Gasteiger partial charge on any atom is -0.194 e. The molecule has 0 bridgehead atoms. The molecule has 7 rings (SSSR count). The van der Waals surface area contributed by atoms with Crippen LogP contribution in [0.3, 0.4) is 0 Å². The molecular weight excluding hydrogens is 1090 g/mol. The first kappa shape index (κ1) is 57.7. The Hall–Kier alpha value is -6.60. The van der Waals surface area contributed by atoms with E-state index >= 15 is 0 Å². The van der Waals surface area contributed by atoms with Gasteiger partial charge in [0, 0.05) is 17.0 Å². The molecule has 0 fully saturated rings. The Morgan fingerprint density at radius 2 is 0.573 bits per heavy atom. The molecule has 0 atom stereocenters. The van der Waals surface area contributed by atoms with E-state index in [-0.39, 0.29) is 0 Å². The van der Waals surface area contributed by atoms with Gasteiger partial charge in [0.1, 0.15) is 11.2 Å². The van der Waals surface area contributed by atoms with E-state index in [2.05, 4.69) is 47.0 Å². The number of benzene rings is 6. The first-order valence-corrected chi connectivity index (χ1v) is 20.9. The molecule has 0 spiro atoms. The van der Waals surface area contributed by atoms with Gasteiger partial charge >= 0.3 is 49.4 Å². The fraction of sp³-hybridized carbons (Fsp3) is 0.188. The molecule has 400 valence electrons. The van der Waals surface area contributed by atoms with Gasteiger partial charge in [0.15, 0.2) is 12.7 Å². The zero-order chi connectivity index (χ0) is 56.3. The number of halogens is 25. The Morgan fingerprint density at radius 3 is 0.840 bits per heavy atom. The summed E-state index contributed by atoms with van der Waals surface area (Å²) >= 11 is 6.17. The Balaban J connectivity index is 0.000000421. The topological polar surface area (TPSA) is 3.88 Å². The molecule has 0 saturated heterocycles. The van der Waals surface area contributed by atoms with Gasteiger partial charge in [-0.2, -0.15) is 132 Å². The van der Waals surface area contributed by atoms with Gasteiger partial charge in [-0.15, -0.1) is 0 Å². The maximum Gasteiger partial charge on any atom is 0.416 e. The maximum atomic E-state index is 14.2. The zero-order valence-electron chi connectivity index (χ0n) is 36.5. The third-order valence-corrected chi connectivity index (χ3v) is 11.7. The van der Waals surface area contributed by atoms with E-state index in [0.29, 0.717) is 0 Å². The predicted octanol–water partition coefficient (Wildman–Crippen LogP) is 15.0. The lowest BCUT2D eigenvalue weighted by molar-refractivity contribution is -0.662. The zero-order valence-corrected chi connectivity index (χ0v) is 37.2. The van der Waals surface area contributed by atoms with E-state index in [4.69, 9.17) is 11.6 Å². The fourth-order valence-corrected chi connectivity index (χ4v) is 8.49. The number of hydrogen-bond donors (Lipinski definition) is 0. The second-order valence-electron chi connectivity index (χ2n) is 16.6. The number of nitrogens with zero attached hydrogens (tertiary/aromatic N) is 1. The second-order valence-corrected chi connectivity index (χ2v) is 17.0. The number of para-hydroxylation sites is 1. The molecule has 6 aromatic carbocycles. The summed E-state index contributed by atoms with van der Waals surface area (Å²) in [5.41, 5.74) is -27.7. The smallest absolute Gasteiger partial charge is 0.194 e. The van der Waals surface area contributed by atoms with E-state index in [1.807, 2.05) is 24.4 Å². The molecule has 1 heterocycles. The van der Waals surface area contributed by atoms with Crippen molar-refractivity contribution in [3.63, 3.8) is 0 Å². The van der Waals surface area contributed by atoms with Crippen molar-refractivity contribution in [3.8, 4) is 0 Å². The summed E-state index contributed by atoms with van der Waals surface area (Å²) in [6, 6.07) is 11.9. The molecule has 0 N–H and O–H groups in total. The lowest BCUT2D eigenvalue weighted by Crippen LogP contribution is -2.75. The number of rotatable bonds is 6. The lowest BCUT2D eigenvalue weighted by Gasteiger charge is -2.46. The first-order chi connectivity index (χ1) is 34.1. The monoisotopic (exact) mass is 1120 g/mol. The van der Waals surface area contributed by atoms with E-state index in [0.717, 1.165) is 11.6 Å². The summed E-state index contributed by atoms with van der Waals surface area (Å²) < 4.78 is 343. The first-order valence-electron chi connectivity index (χ1n) is 20.6. The van der Waals surface area contributed by atoms with Crippen molar-refractivity contribution >= 4 is 50.5 Å². The van der Waals surface area contributed by atoms with Crippen LogP contribution in [-0.2, 0) is 56.0 Å². The van der Waals surface area contributed by atoms with Crippen molar-refractivity contribution in [2.45, 2.75) is 56.0 Å². The molecule has 0 saturated carbocycles. The Morgan fingerprint density at radius 1 is 0.320 bits per heavy atom. The molecule has 0 aliphatic rings. The van der Waals surface area contributed by atoms with E-state index in [1.165, 1.54) is 16.5 Å². The van der Waals surface area contributed by atoms with Gasteiger partial charge < -0.3 is 0 Å². The number of alkyl halides is 24. The number of aromatic nitrogens is 1. The fourth-order valence-electron chi connectivity index (χ4n) is 8.26. The normalized spacial score (nSPS) is 13.5. The number of fused-ring (bicyclic) bond motifs is 1. The molecule has 75 heavy (non-hydrogen) atoms. The van der Waals surface area contributed by atoms with Crippen LogP contribution in [0.2, 0.25) is 5.02 Å². The molecule has 7 aromatic rings. The van der Waals surface area contributed by atoms with Gasteiger partial charge in [-0.1, -0.05) is 103 Å². The molecule has 0 radical (unpaired) electrons. The molecule has 0 aliphatic carbocycles. The summed E-state index contributed by atoms with van der Waals surface area (Å²) in [6.45, 7) is 0.835. The van der Waals surface area contributed by atoms with Crippen LogP contribution < -0.4 is 26.4 Å². The quantitative estimate of drug-likeness (QED) is 0.0888. The van der Waals surface area contributed by atoms with Gasteiger partial charge in [0.05, 0.1) is 44.5 Å². The highest BCUT2D eigenvalue weighted by atomic mass is 35.5. The summed E-state index contributed by atoms with van der Waals surface area (Å²) in [5.74, 6) is 0. The standard InChI is InChI=1S/C32H12BF24.C16H13ClN/c34-25(35,36)13-1-14(26(37,38)39)6-21(5-13)33(22-7-15(27(40,41)42)2-16(8-22)28(43,44)45,23-9-17(29(46,47)48)3-18(10-23)30(49,50)51)24-11-19(31(52,53)54)4-20(12-24)32(55,56)57;17-15-10-14-8-4-5-9-16(14)18(12-15)11-13-6-2-1-3-7-13/h1-12H;1-10,12H,11H2/q-1;+1. The van der Waals surface area contributed by atoms with Gasteiger partial charge in [-0.05, 0) is 36.4 Å². The van der Waals surface area contributed by atoms with Crippen molar-refractivity contribution in [1.82, 2.24) is 0 Å². The third kappa shape index (κ3) is 13.1. The second kappa shape index (κ2) is 19.8. The molecule has 0 aliphatic heterocycles. The average Bonchev–Trinajstić information content (AvgIpc) is 3.27. The van der Waals surface area contributed by atoms with Gasteiger partial charge in [-0.25, -0.2) is 0 Å². The number of hydrogen-bond acceptors (Lipinski definition) is 0. The average molecular weight is 1120 g/mol. The minimum atomic E-state index is -6.13. The van der Waals surface area contributed by atoms with E-state index in [9.17, 15) is 105 Å². The highest BCUT2D eigenvalue weighted by Gasteiger charge is 2.47. The van der Waals surface area contributed by atoms with Crippen LogP contribution in [0.4, 0.5) is 105 Å². The van der Waals surface area contributed by atoms with Crippen LogP contribution in [0.5, 0.6) is 0 Å². The van der Waals surface area contributed by atoms with Crippen molar-refractivity contribution < 1.29 is 110 Å². The van der Waals surface area contributed by atoms with Crippen LogP contribution in [-0.4, -0.2) is 6.15 Å². The summed E-state index contributed by atoms with van der Waals surface area (Å²) in [7, 11) is 0. The van der Waals surface area contributed by atoms with Crippen LogP contribution in [0.25, 0.3) is 10.9 Å². The van der Waals surface area contributed by atoms with Crippen LogP contribution in [0, 0.1) is 0 Å². The van der Waals surface area contributed by atoms with Gasteiger partial charge in [0.2, 0.25) is 5.52 Å². The van der Waals surface area contributed by atoms with Gasteiger partial charge in [0.25, 0.3) is 0 Å². The Kier molecular flexibility index (Phi) is 15.3. The van der Waals surface area contributed by atoms with Crippen LogP contribution >= 0.6 is 11.6 Å². The van der Waals surface area contributed by atoms with Gasteiger partial charge in [-0.3, -0.25) is 0 Å². The molecule has 1 nitrogen and oxygen atoms in total. The predicted molar refractivity (Wildman–Crippen MR) is 225 cm³/mol. The highest BCUT2D eigenvalue weighted by molar-refractivity contribution is 7.20. The minimum absolute atomic E-state index is 0.691. The lowest BCUT2D eigenvalue weighted by atomic mass is 9.12. The largest absolute Gasteiger partial charge is 0.416 e. The number of pyridine rings is 1. The highest BCUT2D eigenvalue weighted by Crippen LogP contribution is 2.41. The maximum absolute atomic E-state index is 14.2. The van der Waals surface area contributed by atoms with Crippen LogP contribution in [0.15, 0.2) is 140 Å². The molecule has 0 amide bonds. The van der Waals surface area contributed by atoms with E-state index < -0.39 is 195 Å². The van der Waals surface area contributed by atoms with Crippen LogP contribution in [0.1, 0.15) is 50.1 Å². The summed E-state index contributed by atoms with van der Waals surface area (Å²) in [5, 5.41) is 1.94. The van der Waals surface area contributed by atoms with Crippen molar-refractivity contribution in [2.75, 3.05) is 0 Å². The Bertz CT molecular complexity index is 2760. The molecule has 1 aromatic heterocycles. The van der Waals surface area contributed by atoms with E-state index in [1.54, 1.807) is 0 Å². The Labute approximate surface area is 410 Å². The van der Waals surface area contributed by atoms with Crippen molar-refractivity contribution in [1.29, 1.82) is 0 Å².